The standard InChI is InChI=1S/C44H88N2O4/c1-7-9-11-13-15-17-19-21-23-25-27-29-31-35-43(47)49-41-39-45(3,4)37-33-34-38-46(5,6)40-42-50-44(48)36-32-30-28-26-24-22-20-18-16-14-12-10-8-2/h33-34H,7-32,35-42H2,1-6H3/q+2/b34-33+. The molecule has 0 fully saturated rings. The number of nitrogens with zero attached hydrogens (tertiary/aromatic N) is 2. The van der Waals surface area contributed by atoms with Gasteiger partial charge >= 0.3 is 11.9 Å². The highest BCUT2D eigenvalue weighted by Gasteiger charge is 2.17. The summed E-state index contributed by atoms with van der Waals surface area (Å²) in [4.78, 5) is 24.4. The molecule has 0 unspecified atom stereocenters. The number of likely N-dealkylation sites (N-methyl/N-ethyl adjacent to an activating group) is 2. The number of ether oxygens (including phenoxy) is 2. The van der Waals surface area contributed by atoms with E-state index < -0.39 is 0 Å². The first-order valence-electron chi connectivity index (χ1n) is 21.7. The molecule has 6 heteroatoms. The third-order valence-corrected chi connectivity index (χ3v) is 10.3. The van der Waals surface area contributed by atoms with Crippen molar-refractivity contribution in [3.63, 3.8) is 0 Å². The van der Waals surface area contributed by atoms with Crippen molar-refractivity contribution in [3.05, 3.63) is 12.2 Å². The van der Waals surface area contributed by atoms with Gasteiger partial charge < -0.3 is 18.4 Å². The fourth-order valence-corrected chi connectivity index (χ4v) is 6.43. The fourth-order valence-electron chi connectivity index (χ4n) is 6.43. The summed E-state index contributed by atoms with van der Waals surface area (Å²) in [5, 5.41) is 0. The number of quaternary nitrogens is 2. The van der Waals surface area contributed by atoms with Gasteiger partial charge in [0.2, 0.25) is 0 Å². The van der Waals surface area contributed by atoms with Gasteiger partial charge in [0.05, 0.1) is 41.3 Å². The Morgan fingerprint density at radius 2 is 0.640 bits per heavy atom. The largest absolute Gasteiger partial charge is 0.460 e. The lowest BCUT2D eigenvalue weighted by atomic mass is 10.0. The third kappa shape index (κ3) is 36.4. The van der Waals surface area contributed by atoms with Crippen molar-refractivity contribution in [2.45, 2.75) is 194 Å². The summed E-state index contributed by atoms with van der Waals surface area (Å²) < 4.78 is 12.7. The summed E-state index contributed by atoms with van der Waals surface area (Å²) in [5.74, 6) is -0.0968. The van der Waals surface area contributed by atoms with Crippen molar-refractivity contribution in [2.24, 2.45) is 0 Å². The number of rotatable bonds is 38. The van der Waals surface area contributed by atoms with Crippen LogP contribution in [-0.4, -0.2) is 88.5 Å². The van der Waals surface area contributed by atoms with Crippen LogP contribution in [0.15, 0.2) is 12.2 Å². The van der Waals surface area contributed by atoms with Crippen LogP contribution in [0.5, 0.6) is 0 Å². The number of carbonyl (C=O) groups excluding carboxylic acids is 2. The van der Waals surface area contributed by atoms with Crippen LogP contribution in [0.1, 0.15) is 194 Å². The van der Waals surface area contributed by atoms with E-state index in [0.717, 1.165) is 60.8 Å². The van der Waals surface area contributed by atoms with Crippen LogP contribution < -0.4 is 0 Å². The molecule has 0 aromatic carbocycles. The lowest BCUT2D eigenvalue weighted by Crippen LogP contribution is -2.44. The molecule has 0 aliphatic carbocycles. The Balaban J connectivity index is 3.74. The average molecular weight is 709 g/mol. The normalized spacial score (nSPS) is 12.2. The van der Waals surface area contributed by atoms with E-state index in [-0.39, 0.29) is 11.9 Å². The Kier molecular flexibility index (Phi) is 33.7. The second kappa shape index (κ2) is 34.7. The Morgan fingerprint density at radius 1 is 0.400 bits per heavy atom. The molecule has 0 N–H and O–H groups in total. The van der Waals surface area contributed by atoms with Crippen LogP contribution in [0.2, 0.25) is 0 Å². The van der Waals surface area contributed by atoms with Gasteiger partial charge in [-0.15, -0.1) is 0 Å². The summed E-state index contributed by atoms with van der Waals surface area (Å²) in [6.07, 6.45) is 39.7. The first-order valence-corrected chi connectivity index (χ1v) is 21.7. The monoisotopic (exact) mass is 709 g/mol. The van der Waals surface area contributed by atoms with E-state index >= 15 is 0 Å². The molecular weight excluding hydrogens is 620 g/mol. The molecule has 0 saturated heterocycles. The lowest BCUT2D eigenvalue weighted by Gasteiger charge is -2.29. The fraction of sp³-hybridized carbons (Fsp3) is 0.909. The van der Waals surface area contributed by atoms with E-state index in [9.17, 15) is 9.59 Å². The second-order valence-electron chi connectivity index (χ2n) is 16.6. The Hall–Kier alpha value is -1.40. The Bertz CT molecular complexity index is 731. The summed E-state index contributed by atoms with van der Waals surface area (Å²) in [6.45, 7) is 8.91. The van der Waals surface area contributed by atoms with Crippen LogP contribution in [-0.2, 0) is 19.1 Å². The van der Waals surface area contributed by atoms with Gasteiger partial charge in [-0.3, -0.25) is 9.59 Å². The molecule has 0 rings (SSSR count). The molecule has 0 aliphatic heterocycles. The van der Waals surface area contributed by atoms with Crippen molar-refractivity contribution in [1.82, 2.24) is 0 Å². The molecule has 6 nitrogen and oxygen atoms in total. The van der Waals surface area contributed by atoms with Crippen molar-refractivity contribution < 1.29 is 28.0 Å². The molecule has 0 spiro atoms. The summed E-state index contributed by atoms with van der Waals surface area (Å²) in [5.41, 5.74) is 0. The first-order chi connectivity index (χ1) is 24.1. The predicted molar refractivity (Wildman–Crippen MR) is 215 cm³/mol. The average Bonchev–Trinajstić information content (AvgIpc) is 3.07. The van der Waals surface area contributed by atoms with Gasteiger partial charge in [0.25, 0.3) is 0 Å². The van der Waals surface area contributed by atoms with E-state index in [1.54, 1.807) is 0 Å². The van der Waals surface area contributed by atoms with E-state index in [0.29, 0.717) is 26.1 Å². The zero-order chi connectivity index (χ0) is 37.0. The molecule has 296 valence electrons. The molecule has 0 aromatic rings. The molecule has 0 amide bonds. The molecule has 0 aromatic heterocycles. The van der Waals surface area contributed by atoms with Crippen LogP contribution >= 0.6 is 0 Å². The minimum Gasteiger partial charge on any atom is -0.460 e. The molecular formula is C44H88N2O4+2. The smallest absolute Gasteiger partial charge is 0.305 e. The highest BCUT2D eigenvalue weighted by molar-refractivity contribution is 5.69. The number of esters is 2. The first kappa shape index (κ1) is 48.6. The lowest BCUT2D eigenvalue weighted by molar-refractivity contribution is -0.887. The van der Waals surface area contributed by atoms with Crippen molar-refractivity contribution in [2.75, 3.05) is 67.6 Å². The van der Waals surface area contributed by atoms with Crippen LogP contribution in [0.4, 0.5) is 0 Å². The second-order valence-corrected chi connectivity index (χ2v) is 16.6. The van der Waals surface area contributed by atoms with Crippen LogP contribution in [0.3, 0.4) is 0 Å². The van der Waals surface area contributed by atoms with Crippen molar-refractivity contribution in [3.8, 4) is 0 Å². The minimum atomic E-state index is -0.0484. The zero-order valence-corrected chi connectivity index (χ0v) is 34.7. The van der Waals surface area contributed by atoms with Gasteiger partial charge in [0.15, 0.2) is 0 Å². The molecule has 0 aliphatic rings. The molecule has 0 bridgehead atoms. The van der Waals surface area contributed by atoms with Crippen molar-refractivity contribution >= 4 is 11.9 Å². The molecule has 0 atom stereocenters. The highest BCUT2D eigenvalue weighted by atomic mass is 16.5. The number of carbonyl (C=O) groups is 2. The Labute approximate surface area is 312 Å². The zero-order valence-electron chi connectivity index (χ0n) is 34.7. The van der Waals surface area contributed by atoms with E-state index in [1.807, 2.05) is 0 Å². The number of hydrogen-bond acceptors (Lipinski definition) is 4. The number of unbranched alkanes of at least 4 members (excludes halogenated alkanes) is 24. The summed E-state index contributed by atoms with van der Waals surface area (Å²) in [6, 6.07) is 0. The quantitative estimate of drug-likeness (QED) is 0.0277. The van der Waals surface area contributed by atoms with Gasteiger partial charge in [-0.25, -0.2) is 0 Å². The van der Waals surface area contributed by atoms with E-state index in [4.69, 9.17) is 9.47 Å². The maximum Gasteiger partial charge on any atom is 0.305 e. The van der Waals surface area contributed by atoms with Crippen molar-refractivity contribution in [1.29, 1.82) is 0 Å². The van der Waals surface area contributed by atoms with Gasteiger partial charge in [-0.2, -0.15) is 0 Å². The minimum absolute atomic E-state index is 0.0484. The maximum absolute atomic E-state index is 12.2. The predicted octanol–water partition coefficient (Wildman–Crippen LogP) is 11.7. The van der Waals surface area contributed by atoms with E-state index in [1.165, 1.54) is 141 Å². The van der Waals surface area contributed by atoms with E-state index in [2.05, 4.69) is 54.2 Å². The third-order valence-electron chi connectivity index (χ3n) is 10.3. The number of hydrogen-bond donors (Lipinski definition) is 0. The maximum atomic E-state index is 12.2. The Morgan fingerprint density at radius 3 is 0.900 bits per heavy atom. The van der Waals surface area contributed by atoms with Crippen LogP contribution in [0, 0.1) is 0 Å². The summed E-state index contributed by atoms with van der Waals surface area (Å²) >= 11 is 0. The van der Waals surface area contributed by atoms with Gasteiger partial charge in [0.1, 0.15) is 26.3 Å². The highest BCUT2D eigenvalue weighted by Crippen LogP contribution is 2.15. The SMILES string of the molecule is CCCCCCCCCCCCCCCC(=O)OCC[N+](C)(C)C/C=C/C[N+](C)(C)CCOC(=O)CCCCCCCCCCCCCCC. The van der Waals surface area contributed by atoms with Crippen LogP contribution in [0.25, 0.3) is 0 Å². The topological polar surface area (TPSA) is 52.6 Å². The molecule has 0 radical (unpaired) electrons. The van der Waals surface area contributed by atoms with Gasteiger partial charge in [-0.05, 0) is 25.0 Å². The van der Waals surface area contributed by atoms with Gasteiger partial charge in [0, 0.05) is 12.8 Å². The molecule has 0 heterocycles. The molecule has 50 heavy (non-hydrogen) atoms. The molecule has 0 saturated carbocycles. The van der Waals surface area contributed by atoms with Gasteiger partial charge in [-0.1, -0.05) is 168 Å². The summed E-state index contributed by atoms with van der Waals surface area (Å²) in [7, 11) is 8.73.